The van der Waals surface area contributed by atoms with Crippen LogP contribution in [0.1, 0.15) is 23.1 Å². The molecular weight excluding hydrogens is 376 g/mol. The van der Waals surface area contributed by atoms with Gasteiger partial charge in [0.15, 0.2) is 0 Å². The monoisotopic (exact) mass is 391 g/mol. The SMILES string of the molecule is COc1cccc(-c2cc(C(=O)Nc3nc(CC(C)=C(F)F)ns3)co2)c1. The second-order valence-electron chi connectivity index (χ2n) is 5.62. The van der Waals surface area contributed by atoms with Gasteiger partial charge in [0.1, 0.15) is 23.6 Å². The molecule has 3 aromatic rings. The smallest absolute Gasteiger partial charge is 0.269 e. The number of rotatable bonds is 6. The summed E-state index contributed by atoms with van der Waals surface area (Å²) in [7, 11) is 1.57. The van der Waals surface area contributed by atoms with Gasteiger partial charge in [0.25, 0.3) is 12.0 Å². The zero-order valence-corrected chi connectivity index (χ0v) is 15.3. The maximum absolute atomic E-state index is 12.5. The van der Waals surface area contributed by atoms with E-state index in [9.17, 15) is 13.6 Å². The lowest BCUT2D eigenvalue weighted by Gasteiger charge is -2.01. The highest BCUT2D eigenvalue weighted by Crippen LogP contribution is 2.26. The average Bonchev–Trinajstić information content (AvgIpc) is 3.31. The molecule has 2 heterocycles. The second-order valence-corrected chi connectivity index (χ2v) is 6.37. The number of allylic oxidation sites excluding steroid dienone is 1. The van der Waals surface area contributed by atoms with E-state index in [0.717, 1.165) is 17.1 Å². The van der Waals surface area contributed by atoms with Crippen LogP contribution in [-0.4, -0.2) is 22.4 Å². The van der Waals surface area contributed by atoms with Crippen LogP contribution >= 0.6 is 11.5 Å². The fraction of sp³-hybridized carbons (Fsp3) is 0.167. The van der Waals surface area contributed by atoms with Gasteiger partial charge in [-0.2, -0.15) is 13.2 Å². The molecule has 140 valence electrons. The van der Waals surface area contributed by atoms with Gasteiger partial charge in [-0.1, -0.05) is 12.1 Å². The summed E-state index contributed by atoms with van der Waals surface area (Å²) < 4.78 is 39.6. The van der Waals surface area contributed by atoms with Gasteiger partial charge in [-0.15, -0.1) is 0 Å². The number of furan rings is 1. The highest BCUT2D eigenvalue weighted by molar-refractivity contribution is 7.09. The Hall–Kier alpha value is -3.07. The number of ether oxygens (including phenoxy) is 1. The molecule has 1 N–H and O–H groups in total. The molecule has 2 aromatic heterocycles. The summed E-state index contributed by atoms with van der Waals surface area (Å²) in [6, 6.07) is 8.84. The Kier molecular flexibility index (Phi) is 5.60. The van der Waals surface area contributed by atoms with Crippen molar-refractivity contribution in [3.05, 3.63) is 59.6 Å². The third-order valence-corrected chi connectivity index (χ3v) is 4.32. The molecule has 0 saturated heterocycles. The summed E-state index contributed by atoms with van der Waals surface area (Å²) >= 11 is 0.927. The Morgan fingerprint density at radius 2 is 2.15 bits per heavy atom. The van der Waals surface area contributed by atoms with Crippen LogP contribution in [0.15, 0.2) is 52.7 Å². The van der Waals surface area contributed by atoms with E-state index in [1.807, 2.05) is 12.1 Å². The lowest BCUT2D eigenvalue weighted by atomic mass is 10.1. The molecule has 0 spiro atoms. The van der Waals surface area contributed by atoms with E-state index >= 15 is 0 Å². The minimum Gasteiger partial charge on any atom is -0.497 e. The number of nitrogens with one attached hydrogen (secondary N) is 1. The molecule has 0 radical (unpaired) electrons. The number of amides is 1. The summed E-state index contributed by atoms with van der Waals surface area (Å²) in [5.74, 6) is 0.978. The van der Waals surface area contributed by atoms with Crippen LogP contribution in [-0.2, 0) is 6.42 Å². The first-order chi connectivity index (χ1) is 13.0. The van der Waals surface area contributed by atoms with Gasteiger partial charge >= 0.3 is 0 Å². The van der Waals surface area contributed by atoms with Crippen molar-refractivity contribution in [3.63, 3.8) is 0 Å². The standard InChI is InChI=1S/C18H15F2N3O3S/c1-10(16(19)20)6-15-21-18(27-23-15)22-17(24)12-8-14(26-9-12)11-4-3-5-13(7-11)25-2/h3-5,7-9H,6H2,1-2H3,(H,21,22,23,24). The second kappa shape index (κ2) is 8.09. The predicted octanol–water partition coefficient (Wildman–Crippen LogP) is 4.77. The van der Waals surface area contributed by atoms with Gasteiger partial charge in [-0.3, -0.25) is 10.1 Å². The van der Waals surface area contributed by atoms with Crippen molar-refractivity contribution in [2.24, 2.45) is 0 Å². The molecule has 1 amide bonds. The number of nitrogens with zero attached hydrogens (tertiary/aromatic N) is 2. The van der Waals surface area contributed by atoms with E-state index < -0.39 is 12.0 Å². The van der Waals surface area contributed by atoms with E-state index in [4.69, 9.17) is 9.15 Å². The molecule has 0 saturated carbocycles. The quantitative estimate of drug-likeness (QED) is 0.655. The minimum atomic E-state index is -1.75. The number of halogens is 2. The van der Waals surface area contributed by atoms with Crippen LogP contribution in [0.5, 0.6) is 5.75 Å². The third kappa shape index (κ3) is 4.56. The first kappa shape index (κ1) is 18.7. The molecule has 0 aliphatic rings. The number of hydrogen-bond donors (Lipinski definition) is 1. The molecule has 0 fully saturated rings. The Bertz CT molecular complexity index is 993. The topological polar surface area (TPSA) is 77.2 Å². The van der Waals surface area contributed by atoms with Gasteiger partial charge < -0.3 is 9.15 Å². The Balaban J connectivity index is 1.70. The summed E-state index contributed by atoms with van der Waals surface area (Å²) in [5.41, 5.74) is 0.959. The number of aromatic nitrogens is 2. The first-order valence-electron chi connectivity index (χ1n) is 7.84. The van der Waals surface area contributed by atoms with E-state index in [1.165, 1.54) is 13.2 Å². The fourth-order valence-corrected chi connectivity index (χ4v) is 2.81. The summed E-state index contributed by atoms with van der Waals surface area (Å²) in [5, 5.41) is 2.81. The third-order valence-electron chi connectivity index (χ3n) is 3.65. The molecule has 0 unspecified atom stereocenters. The Morgan fingerprint density at radius 3 is 2.89 bits per heavy atom. The fourth-order valence-electron chi connectivity index (χ4n) is 2.23. The van der Waals surface area contributed by atoms with Crippen molar-refractivity contribution >= 4 is 22.6 Å². The largest absolute Gasteiger partial charge is 0.497 e. The predicted molar refractivity (Wildman–Crippen MR) is 97.2 cm³/mol. The lowest BCUT2D eigenvalue weighted by Crippen LogP contribution is -2.10. The van der Waals surface area contributed by atoms with E-state index in [-0.39, 0.29) is 22.9 Å². The maximum atomic E-state index is 12.5. The normalized spacial score (nSPS) is 10.5. The Morgan fingerprint density at radius 1 is 1.33 bits per heavy atom. The van der Waals surface area contributed by atoms with Gasteiger partial charge in [-0.25, -0.2) is 4.98 Å². The lowest BCUT2D eigenvalue weighted by molar-refractivity contribution is 0.102. The van der Waals surface area contributed by atoms with Crippen LogP contribution in [0.2, 0.25) is 0 Å². The first-order valence-corrected chi connectivity index (χ1v) is 8.61. The molecule has 0 aliphatic heterocycles. The molecule has 3 rings (SSSR count). The number of carbonyl (C=O) groups excluding carboxylic acids is 1. The molecule has 6 nitrogen and oxygen atoms in total. The van der Waals surface area contributed by atoms with Gasteiger partial charge in [0, 0.05) is 23.5 Å². The van der Waals surface area contributed by atoms with Crippen molar-refractivity contribution in [1.82, 2.24) is 9.36 Å². The number of carbonyl (C=O) groups is 1. The number of methoxy groups -OCH3 is 1. The maximum Gasteiger partial charge on any atom is 0.269 e. The molecular formula is C18H15F2N3O3S. The van der Waals surface area contributed by atoms with Crippen molar-refractivity contribution < 1.29 is 22.7 Å². The summed E-state index contributed by atoms with van der Waals surface area (Å²) in [6.45, 7) is 1.31. The van der Waals surface area contributed by atoms with Gasteiger partial charge in [0.2, 0.25) is 5.13 Å². The Labute approximate surface area is 157 Å². The van der Waals surface area contributed by atoms with Crippen LogP contribution < -0.4 is 10.1 Å². The zero-order chi connectivity index (χ0) is 19.4. The van der Waals surface area contributed by atoms with Crippen LogP contribution in [0.25, 0.3) is 11.3 Å². The van der Waals surface area contributed by atoms with Crippen molar-refractivity contribution in [2.75, 3.05) is 12.4 Å². The van der Waals surface area contributed by atoms with E-state index in [2.05, 4.69) is 14.7 Å². The van der Waals surface area contributed by atoms with E-state index in [1.54, 1.807) is 25.3 Å². The van der Waals surface area contributed by atoms with E-state index in [0.29, 0.717) is 17.1 Å². The van der Waals surface area contributed by atoms with Gasteiger partial charge in [-0.05, 0) is 30.7 Å². The molecule has 1 aromatic carbocycles. The number of benzene rings is 1. The van der Waals surface area contributed by atoms with Crippen molar-refractivity contribution in [1.29, 1.82) is 0 Å². The summed E-state index contributed by atoms with van der Waals surface area (Å²) in [6.07, 6.45) is -0.489. The highest BCUT2D eigenvalue weighted by atomic mass is 32.1. The molecule has 0 atom stereocenters. The van der Waals surface area contributed by atoms with Crippen molar-refractivity contribution in [2.45, 2.75) is 13.3 Å². The minimum absolute atomic E-state index is 0.0690. The molecule has 0 aliphatic carbocycles. The van der Waals surface area contributed by atoms with Gasteiger partial charge in [0.05, 0.1) is 12.7 Å². The zero-order valence-electron chi connectivity index (χ0n) is 14.5. The summed E-state index contributed by atoms with van der Waals surface area (Å²) in [4.78, 5) is 16.4. The number of anilines is 1. The van der Waals surface area contributed by atoms with Crippen molar-refractivity contribution in [3.8, 4) is 17.1 Å². The van der Waals surface area contributed by atoms with Crippen LogP contribution in [0.3, 0.4) is 0 Å². The highest BCUT2D eigenvalue weighted by Gasteiger charge is 2.15. The van der Waals surface area contributed by atoms with Crippen LogP contribution in [0.4, 0.5) is 13.9 Å². The average molecular weight is 391 g/mol. The molecule has 0 bridgehead atoms. The molecule has 27 heavy (non-hydrogen) atoms. The van der Waals surface area contributed by atoms with Crippen LogP contribution in [0, 0.1) is 0 Å². The number of hydrogen-bond acceptors (Lipinski definition) is 6. The molecule has 9 heteroatoms.